The summed E-state index contributed by atoms with van der Waals surface area (Å²) < 4.78 is 5.53. The number of hydrogen-bond acceptors (Lipinski definition) is 3. The highest BCUT2D eigenvalue weighted by Gasteiger charge is 2.28. The zero-order valence-corrected chi connectivity index (χ0v) is 11.6. The molecule has 1 aliphatic heterocycles. The molecule has 0 radical (unpaired) electrons. The van der Waals surface area contributed by atoms with Gasteiger partial charge in [0.25, 0.3) is 5.91 Å². The fourth-order valence-electron chi connectivity index (χ4n) is 2.70. The van der Waals surface area contributed by atoms with Crippen LogP contribution in [-0.4, -0.2) is 29.5 Å². The second-order valence-corrected chi connectivity index (χ2v) is 5.29. The van der Waals surface area contributed by atoms with Crippen LogP contribution in [0.25, 0.3) is 0 Å². The van der Waals surface area contributed by atoms with Gasteiger partial charge in [-0.05, 0) is 57.4 Å². The average molecular weight is 262 g/mol. The number of benzene rings is 1. The van der Waals surface area contributed by atoms with E-state index in [1.54, 1.807) is 24.3 Å². The van der Waals surface area contributed by atoms with Gasteiger partial charge in [0.2, 0.25) is 0 Å². The molecule has 19 heavy (non-hydrogen) atoms. The van der Waals surface area contributed by atoms with Crippen molar-refractivity contribution >= 4 is 11.6 Å². The second kappa shape index (κ2) is 5.95. The predicted octanol–water partition coefficient (Wildman–Crippen LogP) is 2.44. The van der Waals surface area contributed by atoms with Gasteiger partial charge in [0.15, 0.2) is 6.61 Å². The third-order valence-corrected chi connectivity index (χ3v) is 3.72. The summed E-state index contributed by atoms with van der Waals surface area (Å²) in [5, 5.41) is 0. The largest absolute Gasteiger partial charge is 0.484 e. The van der Waals surface area contributed by atoms with Gasteiger partial charge in [-0.3, -0.25) is 4.79 Å². The van der Waals surface area contributed by atoms with Crippen molar-refractivity contribution in [3.63, 3.8) is 0 Å². The Kier molecular flexibility index (Phi) is 4.30. The van der Waals surface area contributed by atoms with Crippen LogP contribution in [0.1, 0.15) is 33.1 Å². The van der Waals surface area contributed by atoms with E-state index in [0.717, 1.165) is 12.8 Å². The number of likely N-dealkylation sites (tertiary alicyclic amines) is 1. The number of hydrogen-bond donors (Lipinski definition) is 1. The Morgan fingerprint density at radius 2 is 1.84 bits per heavy atom. The van der Waals surface area contributed by atoms with Crippen molar-refractivity contribution in [3.8, 4) is 5.75 Å². The smallest absolute Gasteiger partial charge is 0.260 e. The molecule has 4 nitrogen and oxygen atoms in total. The van der Waals surface area contributed by atoms with Crippen LogP contribution in [0.4, 0.5) is 5.69 Å². The summed E-state index contributed by atoms with van der Waals surface area (Å²) in [6.45, 7) is 4.31. The number of nitrogens with zero attached hydrogens (tertiary/aromatic N) is 1. The number of anilines is 1. The number of ether oxygens (including phenoxy) is 1. The first kappa shape index (κ1) is 13.7. The maximum absolute atomic E-state index is 12.2. The van der Waals surface area contributed by atoms with Gasteiger partial charge in [0.1, 0.15) is 5.75 Å². The summed E-state index contributed by atoms with van der Waals surface area (Å²) in [4.78, 5) is 14.2. The van der Waals surface area contributed by atoms with Crippen molar-refractivity contribution < 1.29 is 9.53 Å². The third kappa shape index (κ3) is 3.40. The first-order valence-corrected chi connectivity index (χ1v) is 6.87. The van der Waals surface area contributed by atoms with E-state index in [9.17, 15) is 4.79 Å². The zero-order chi connectivity index (χ0) is 13.8. The minimum absolute atomic E-state index is 0.0662. The van der Waals surface area contributed by atoms with E-state index in [2.05, 4.69) is 13.8 Å². The van der Waals surface area contributed by atoms with E-state index >= 15 is 0 Å². The Hall–Kier alpha value is -1.71. The Morgan fingerprint density at radius 1 is 1.26 bits per heavy atom. The van der Waals surface area contributed by atoms with E-state index < -0.39 is 0 Å². The van der Waals surface area contributed by atoms with Crippen LogP contribution in [0, 0.1) is 0 Å². The lowest BCUT2D eigenvalue weighted by atomic mass is 9.97. The number of nitrogen functional groups attached to an aromatic ring is 1. The molecule has 104 valence electrons. The monoisotopic (exact) mass is 262 g/mol. The molecular weight excluding hydrogens is 240 g/mol. The molecule has 1 aromatic rings. The Labute approximate surface area is 114 Å². The van der Waals surface area contributed by atoms with Crippen LogP contribution < -0.4 is 10.5 Å². The van der Waals surface area contributed by atoms with Crippen LogP contribution >= 0.6 is 0 Å². The fraction of sp³-hybridized carbons (Fsp3) is 0.533. The Balaban J connectivity index is 1.91. The summed E-state index contributed by atoms with van der Waals surface area (Å²) in [6.07, 6.45) is 3.36. The van der Waals surface area contributed by atoms with Crippen LogP contribution in [-0.2, 0) is 4.79 Å². The lowest BCUT2D eigenvalue weighted by molar-refractivity contribution is -0.139. The number of carbonyl (C=O) groups is 1. The SMILES string of the molecule is C[C@@H]1CCC[C@@H](C)N1C(=O)COc1ccc(N)cc1. The highest BCUT2D eigenvalue weighted by atomic mass is 16.5. The summed E-state index contributed by atoms with van der Waals surface area (Å²) in [5.74, 6) is 0.747. The molecule has 2 atom stereocenters. The van der Waals surface area contributed by atoms with Crippen molar-refractivity contribution in [2.45, 2.75) is 45.2 Å². The van der Waals surface area contributed by atoms with E-state index in [1.165, 1.54) is 6.42 Å². The molecule has 1 aliphatic rings. The number of rotatable bonds is 3. The van der Waals surface area contributed by atoms with Crippen LogP contribution in [0.3, 0.4) is 0 Å². The molecule has 0 saturated carbocycles. The van der Waals surface area contributed by atoms with Crippen LogP contribution in [0.15, 0.2) is 24.3 Å². The summed E-state index contributed by atoms with van der Waals surface area (Å²) in [7, 11) is 0. The highest BCUT2D eigenvalue weighted by molar-refractivity contribution is 5.78. The molecule has 0 aliphatic carbocycles. The molecule has 2 rings (SSSR count). The van der Waals surface area contributed by atoms with Gasteiger partial charge in [0, 0.05) is 17.8 Å². The second-order valence-electron chi connectivity index (χ2n) is 5.29. The quantitative estimate of drug-likeness (QED) is 0.851. The lowest BCUT2D eigenvalue weighted by Crippen LogP contribution is -2.49. The third-order valence-electron chi connectivity index (χ3n) is 3.72. The summed E-state index contributed by atoms with van der Waals surface area (Å²) in [5.41, 5.74) is 6.30. The molecule has 1 fully saturated rings. The minimum Gasteiger partial charge on any atom is -0.484 e. The minimum atomic E-state index is 0.0662. The van der Waals surface area contributed by atoms with Crippen molar-refractivity contribution in [1.82, 2.24) is 4.90 Å². The van der Waals surface area contributed by atoms with Gasteiger partial charge in [0.05, 0.1) is 0 Å². The first-order valence-electron chi connectivity index (χ1n) is 6.87. The van der Waals surface area contributed by atoms with Gasteiger partial charge in [-0.15, -0.1) is 0 Å². The van der Waals surface area contributed by atoms with Gasteiger partial charge >= 0.3 is 0 Å². The molecule has 0 spiro atoms. The average Bonchev–Trinajstić information content (AvgIpc) is 2.38. The molecule has 0 aromatic heterocycles. The maximum Gasteiger partial charge on any atom is 0.260 e. The number of nitrogens with two attached hydrogens (primary N) is 1. The number of amides is 1. The van der Waals surface area contributed by atoms with Gasteiger partial charge < -0.3 is 15.4 Å². The normalized spacial score (nSPS) is 23.2. The van der Waals surface area contributed by atoms with E-state index in [1.807, 2.05) is 4.90 Å². The van der Waals surface area contributed by atoms with Crippen molar-refractivity contribution in [3.05, 3.63) is 24.3 Å². The molecule has 1 saturated heterocycles. The van der Waals surface area contributed by atoms with E-state index in [0.29, 0.717) is 23.5 Å². The van der Waals surface area contributed by atoms with E-state index in [4.69, 9.17) is 10.5 Å². The fourth-order valence-corrected chi connectivity index (χ4v) is 2.70. The molecule has 2 N–H and O–H groups in total. The van der Waals surface area contributed by atoms with Gasteiger partial charge in [-0.1, -0.05) is 0 Å². The topological polar surface area (TPSA) is 55.6 Å². The number of piperidine rings is 1. The summed E-state index contributed by atoms with van der Waals surface area (Å²) in [6, 6.07) is 7.73. The molecule has 1 aromatic carbocycles. The van der Waals surface area contributed by atoms with Crippen molar-refractivity contribution in [2.24, 2.45) is 0 Å². The molecule has 0 unspecified atom stereocenters. The van der Waals surface area contributed by atoms with Gasteiger partial charge in [-0.25, -0.2) is 0 Å². The van der Waals surface area contributed by atoms with Crippen LogP contribution in [0.2, 0.25) is 0 Å². The summed E-state index contributed by atoms with van der Waals surface area (Å²) >= 11 is 0. The lowest BCUT2D eigenvalue weighted by Gasteiger charge is -2.38. The predicted molar refractivity (Wildman–Crippen MR) is 76.0 cm³/mol. The maximum atomic E-state index is 12.2. The molecule has 0 bridgehead atoms. The van der Waals surface area contributed by atoms with Gasteiger partial charge in [-0.2, -0.15) is 0 Å². The Bertz CT molecular complexity index is 420. The highest BCUT2D eigenvalue weighted by Crippen LogP contribution is 2.22. The molecule has 4 heteroatoms. The number of carbonyl (C=O) groups excluding carboxylic acids is 1. The standard InChI is InChI=1S/C15H22N2O2/c1-11-4-3-5-12(2)17(11)15(18)10-19-14-8-6-13(16)7-9-14/h6-9,11-12H,3-5,10,16H2,1-2H3/t11-,12-/m1/s1. The van der Waals surface area contributed by atoms with Crippen molar-refractivity contribution in [2.75, 3.05) is 12.3 Å². The zero-order valence-electron chi connectivity index (χ0n) is 11.6. The molecule has 1 heterocycles. The van der Waals surface area contributed by atoms with Crippen molar-refractivity contribution in [1.29, 1.82) is 0 Å². The Morgan fingerprint density at radius 3 is 2.42 bits per heavy atom. The van der Waals surface area contributed by atoms with E-state index in [-0.39, 0.29) is 12.5 Å². The first-order chi connectivity index (χ1) is 9.08. The van der Waals surface area contributed by atoms with Crippen LogP contribution in [0.5, 0.6) is 5.75 Å². The molecule has 1 amide bonds. The molecular formula is C15H22N2O2.